The summed E-state index contributed by atoms with van der Waals surface area (Å²) in [6.07, 6.45) is 2.84. The van der Waals surface area contributed by atoms with E-state index in [9.17, 15) is 9.59 Å². The second-order valence-corrected chi connectivity index (χ2v) is 5.10. The topological polar surface area (TPSA) is 62.6 Å². The molecule has 2 heterocycles. The van der Waals surface area contributed by atoms with Crippen molar-refractivity contribution >= 4 is 34.8 Å². The number of anilines is 2. The van der Waals surface area contributed by atoms with Crippen molar-refractivity contribution in [2.24, 2.45) is 0 Å². The first kappa shape index (κ1) is 13.7. The first-order valence-electron chi connectivity index (χ1n) is 6.60. The Kier molecular flexibility index (Phi) is 3.66. The van der Waals surface area contributed by atoms with Crippen LogP contribution in [0.25, 0.3) is 0 Å². The van der Waals surface area contributed by atoms with Crippen molar-refractivity contribution in [3.05, 3.63) is 47.4 Å². The molecule has 5 nitrogen and oxygen atoms in total. The fourth-order valence-corrected chi connectivity index (χ4v) is 2.50. The minimum atomic E-state index is -0.334. The summed E-state index contributed by atoms with van der Waals surface area (Å²) in [5.74, 6) is -0.198. The maximum atomic E-state index is 12.0. The maximum absolute atomic E-state index is 12.0. The zero-order valence-electron chi connectivity index (χ0n) is 11.1. The molecule has 3 rings (SSSR count). The molecule has 2 amide bonds. The normalized spacial score (nSPS) is 14.5. The average molecular weight is 305 g/mol. The van der Waals surface area contributed by atoms with Crippen LogP contribution < -0.4 is 10.2 Å². The molecule has 0 spiro atoms. The van der Waals surface area contributed by atoms with Gasteiger partial charge in [0.15, 0.2) is 0 Å². The molecule has 6 heteroatoms. The zero-order chi connectivity index (χ0) is 14.8. The lowest BCUT2D eigenvalue weighted by Crippen LogP contribution is -2.23. The molecule has 2 aromatic rings. The monoisotopic (exact) mass is 304 g/mol. The van der Waals surface area contributed by atoms with Crippen LogP contribution in [0.3, 0.4) is 0 Å². The van der Waals surface area contributed by atoms with E-state index in [0.717, 1.165) is 18.7 Å². The van der Waals surface area contributed by atoms with Gasteiger partial charge in [0.1, 0.15) is 0 Å². The van der Waals surface area contributed by atoms with Gasteiger partial charge in [-0.2, -0.15) is 0 Å². The number of benzene rings is 1. The third kappa shape index (κ3) is 2.78. The van der Waals surface area contributed by atoms with Crippen molar-refractivity contribution in [3.63, 3.8) is 0 Å². The number of halogens is 1. The number of furan rings is 1. The SMILES string of the molecule is O=C(Nc1ccc(N2CCCC2=O)cc1)c1ccoc1Cl. The van der Waals surface area contributed by atoms with E-state index in [2.05, 4.69) is 5.32 Å². The predicted molar refractivity (Wildman–Crippen MR) is 79.7 cm³/mol. The van der Waals surface area contributed by atoms with Gasteiger partial charge in [-0.05, 0) is 48.4 Å². The summed E-state index contributed by atoms with van der Waals surface area (Å²) in [4.78, 5) is 25.4. The third-order valence-electron chi connectivity index (χ3n) is 3.37. The van der Waals surface area contributed by atoms with Crippen LogP contribution in [0.4, 0.5) is 11.4 Å². The number of carbonyl (C=O) groups is 2. The van der Waals surface area contributed by atoms with E-state index in [1.165, 1.54) is 12.3 Å². The van der Waals surface area contributed by atoms with Gasteiger partial charge < -0.3 is 14.6 Å². The van der Waals surface area contributed by atoms with Crippen LogP contribution in [-0.4, -0.2) is 18.4 Å². The Morgan fingerprint density at radius 2 is 2.00 bits per heavy atom. The Labute approximate surface area is 126 Å². The molecule has 0 atom stereocenters. The lowest BCUT2D eigenvalue weighted by molar-refractivity contribution is -0.117. The molecule has 1 aromatic heterocycles. The zero-order valence-corrected chi connectivity index (χ0v) is 11.9. The van der Waals surface area contributed by atoms with Crippen LogP contribution in [0.1, 0.15) is 23.2 Å². The van der Waals surface area contributed by atoms with Gasteiger partial charge in [-0.25, -0.2) is 0 Å². The third-order valence-corrected chi connectivity index (χ3v) is 3.67. The number of rotatable bonds is 3. The molecule has 1 N–H and O–H groups in total. The number of nitrogens with zero attached hydrogens (tertiary/aromatic N) is 1. The first-order valence-corrected chi connectivity index (χ1v) is 6.98. The second-order valence-electron chi connectivity index (χ2n) is 4.76. The van der Waals surface area contributed by atoms with E-state index >= 15 is 0 Å². The van der Waals surface area contributed by atoms with Crippen molar-refractivity contribution in [1.29, 1.82) is 0 Å². The Morgan fingerprint density at radius 3 is 2.57 bits per heavy atom. The maximum Gasteiger partial charge on any atom is 0.260 e. The Bertz CT molecular complexity index is 678. The summed E-state index contributed by atoms with van der Waals surface area (Å²) in [6.45, 7) is 0.745. The second kappa shape index (κ2) is 5.61. The largest absolute Gasteiger partial charge is 0.452 e. The standard InChI is InChI=1S/C15H13ClN2O3/c16-14-12(7-9-21-14)15(20)17-10-3-5-11(6-4-10)18-8-1-2-13(18)19/h3-7,9H,1-2,8H2,(H,17,20). The van der Waals surface area contributed by atoms with Crippen LogP contribution in [0.15, 0.2) is 41.0 Å². The highest BCUT2D eigenvalue weighted by molar-refractivity contribution is 6.32. The Hall–Kier alpha value is -2.27. The highest BCUT2D eigenvalue weighted by atomic mass is 35.5. The van der Waals surface area contributed by atoms with Crippen molar-refractivity contribution in [1.82, 2.24) is 0 Å². The van der Waals surface area contributed by atoms with Gasteiger partial charge in [0.25, 0.3) is 5.91 Å². The van der Waals surface area contributed by atoms with Crippen LogP contribution >= 0.6 is 11.6 Å². The van der Waals surface area contributed by atoms with Gasteiger partial charge >= 0.3 is 0 Å². The summed E-state index contributed by atoms with van der Waals surface area (Å²) in [7, 11) is 0. The van der Waals surface area contributed by atoms with E-state index in [-0.39, 0.29) is 22.6 Å². The van der Waals surface area contributed by atoms with Crippen LogP contribution in [0, 0.1) is 0 Å². The Balaban J connectivity index is 1.71. The smallest absolute Gasteiger partial charge is 0.260 e. The van der Waals surface area contributed by atoms with Gasteiger partial charge in [0.2, 0.25) is 11.1 Å². The van der Waals surface area contributed by atoms with Crippen molar-refractivity contribution in [2.45, 2.75) is 12.8 Å². The fraction of sp³-hybridized carbons (Fsp3) is 0.200. The first-order chi connectivity index (χ1) is 10.1. The van der Waals surface area contributed by atoms with E-state index in [0.29, 0.717) is 12.1 Å². The number of amides is 2. The van der Waals surface area contributed by atoms with E-state index in [4.69, 9.17) is 16.0 Å². The fourth-order valence-electron chi connectivity index (χ4n) is 2.30. The molecule has 1 aliphatic heterocycles. The van der Waals surface area contributed by atoms with Gasteiger partial charge in [-0.1, -0.05) is 0 Å². The molecule has 0 bridgehead atoms. The van der Waals surface area contributed by atoms with E-state index in [1.54, 1.807) is 17.0 Å². The molecule has 0 unspecified atom stereocenters. The number of nitrogens with one attached hydrogen (secondary N) is 1. The summed E-state index contributed by atoms with van der Waals surface area (Å²) in [6, 6.07) is 8.65. The highest BCUT2D eigenvalue weighted by Crippen LogP contribution is 2.24. The molecule has 0 radical (unpaired) electrons. The molecule has 1 fully saturated rings. The van der Waals surface area contributed by atoms with Gasteiger partial charge in [0.05, 0.1) is 11.8 Å². The summed E-state index contributed by atoms with van der Waals surface area (Å²) in [5.41, 5.74) is 1.76. The number of carbonyl (C=O) groups excluding carboxylic acids is 2. The lowest BCUT2D eigenvalue weighted by Gasteiger charge is -2.16. The summed E-state index contributed by atoms with van der Waals surface area (Å²) >= 11 is 5.76. The molecule has 0 aliphatic carbocycles. The molecule has 0 saturated carbocycles. The van der Waals surface area contributed by atoms with Crippen molar-refractivity contribution in [2.75, 3.05) is 16.8 Å². The number of hydrogen-bond donors (Lipinski definition) is 1. The van der Waals surface area contributed by atoms with Crippen LogP contribution in [0.5, 0.6) is 0 Å². The van der Waals surface area contributed by atoms with Crippen LogP contribution in [-0.2, 0) is 4.79 Å². The van der Waals surface area contributed by atoms with Gasteiger partial charge in [-0.15, -0.1) is 0 Å². The molecule has 1 saturated heterocycles. The molecule has 1 aliphatic rings. The molecular weight excluding hydrogens is 292 g/mol. The van der Waals surface area contributed by atoms with Crippen LogP contribution in [0.2, 0.25) is 5.22 Å². The van der Waals surface area contributed by atoms with E-state index < -0.39 is 0 Å². The minimum Gasteiger partial charge on any atom is -0.452 e. The summed E-state index contributed by atoms with van der Waals surface area (Å²) in [5, 5.41) is 2.79. The molecule has 21 heavy (non-hydrogen) atoms. The molecule has 108 valence electrons. The lowest BCUT2D eigenvalue weighted by atomic mass is 10.2. The molecule has 1 aromatic carbocycles. The molecular formula is C15H13ClN2O3. The van der Waals surface area contributed by atoms with Crippen molar-refractivity contribution in [3.8, 4) is 0 Å². The number of hydrogen-bond acceptors (Lipinski definition) is 3. The predicted octanol–water partition coefficient (Wildman–Crippen LogP) is 3.31. The van der Waals surface area contributed by atoms with Gasteiger partial charge in [0, 0.05) is 24.3 Å². The average Bonchev–Trinajstić information content (AvgIpc) is 3.08. The van der Waals surface area contributed by atoms with Gasteiger partial charge in [-0.3, -0.25) is 9.59 Å². The quantitative estimate of drug-likeness (QED) is 0.946. The Morgan fingerprint density at radius 1 is 1.24 bits per heavy atom. The minimum absolute atomic E-state index is 0.0618. The van der Waals surface area contributed by atoms with E-state index in [1.807, 2.05) is 12.1 Å². The summed E-state index contributed by atoms with van der Waals surface area (Å²) < 4.78 is 4.88. The highest BCUT2D eigenvalue weighted by Gasteiger charge is 2.21. The van der Waals surface area contributed by atoms with Crippen molar-refractivity contribution < 1.29 is 14.0 Å².